The molecule has 3 aromatic carbocycles. The molecular weight excluding hydrogens is 370 g/mol. The van der Waals surface area contributed by atoms with Gasteiger partial charge in [0.1, 0.15) is 11.5 Å². The Kier molecular flexibility index (Phi) is 4.39. The van der Waals surface area contributed by atoms with Crippen molar-refractivity contribution in [3.63, 3.8) is 0 Å². The number of carbonyl (C=O) groups excluding carboxylic acids is 2. The second-order valence-corrected chi connectivity index (χ2v) is 6.87. The SMILES string of the molecule is Cc1ccc(Oc2ccc3c(c2)C(=O)N(c2cc(C(=O)O)ccc2C)C3=O)cc1. The first-order chi connectivity index (χ1) is 13.8. The first kappa shape index (κ1) is 18.4. The van der Waals surface area contributed by atoms with Gasteiger partial charge in [-0.2, -0.15) is 0 Å². The number of anilines is 1. The third-order valence-corrected chi connectivity index (χ3v) is 4.81. The molecule has 0 bridgehead atoms. The van der Waals surface area contributed by atoms with Crippen molar-refractivity contribution in [2.24, 2.45) is 0 Å². The Bertz CT molecular complexity index is 1160. The van der Waals surface area contributed by atoms with Gasteiger partial charge in [-0.25, -0.2) is 9.69 Å². The molecule has 2 amide bonds. The summed E-state index contributed by atoms with van der Waals surface area (Å²) in [7, 11) is 0. The summed E-state index contributed by atoms with van der Waals surface area (Å²) in [6.07, 6.45) is 0. The number of aromatic carboxylic acids is 1. The lowest BCUT2D eigenvalue weighted by Gasteiger charge is -2.17. The number of nitrogens with zero attached hydrogens (tertiary/aromatic N) is 1. The Balaban J connectivity index is 1.69. The highest BCUT2D eigenvalue weighted by molar-refractivity contribution is 6.34. The summed E-state index contributed by atoms with van der Waals surface area (Å²) in [5, 5.41) is 9.24. The predicted octanol–water partition coefficient (Wildman–Crippen LogP) is 4.59. The predicted molar refractivity (Wildman–Crippen MR) is 107 cm³/mol. The van der Waals surface area contributed by atoms with Crippen LogP contribution in [0.4, 0.5) is 5.69 Å². The van der Waals surface area contributed by atoms with Gasteiger partial charge in [0.25, 0.3) is 11.8 Å². The smallest absolute Gasteiger partial charge is 0.335 e. The van der Waals surface area contributed by atoms with Crippen molar-refractivity contribution in [2.75, 3.05) is 4.90 Å². The van der Waals surface area contributed by atoms with Crippen molar-refractivity contribution in [1.29, 1.82) is 0 Å². The summed E-state index contributed by atoms with van der Waals surface area (Å²) in [4.78, 5) is 38.2. The summed E-state index contributed by atoms with van der Waals surface area (Å²) < 4.78 is 5.80. The molecule has 1 heterocycles. The van der Waals surface area contributed by atoms with Crippen LogP contribution in [0.5, 0.6) is 11.5 Å². The molecule has 0 spiro atoms. The molecule has 0 radical (unpaired) electrons. The Labute approximate surface area is 167 Å². The largest absolute Gasteiger partial charge is 0.478 e. The van der Waals surface area contributed by atoms with Crippen molar-refractivity contribution in [2.45, 2.75) is 13.8 Å². The maximum Gasteiger partial charge on any atom is 0.335 e. The number of hydrogen-bond donors (Lipinski definition) is 1. The van der Waals surface area contributed by atoms with Gasteiger partial charge in [-0.15, -0.1) is 0 Å². The van der Waals surface area contributed by atoms with E-state index in [1.807, 2.05) is 31.2 Å². The Morgan fingerprint density at radius 1 is 0.828 bits per heavy atom. The maximum atomic E-state index is 13.0. The number of ether oxygens (including phenoxy) is 1. The number of fused-ring (bicyclic) bond motifs is 1. The number of benzene rings is 3. The van der Waals surface area contributed by atoms with E-state index in [0.29, 0.717) is 17.1 Å². The van der Waals surface area contributed by atoms with Crippen LogP contribution in [0, 0.1) is 13.8 Å². The first-order valence-electron chi connectivity index (χ1n) is 8.96. The lowest BCUT2D eigenvalue weighted by molar-refractivity contribution is 0.0695. The number of carboxylic acid groups (broad SMARTS) is 1. The molecule has 1 aliphatic heterocycles. The molecular formula is C23H17NO5. The lowest BCUT2D eigenvalue weighted by atomic mass is 10.1. The lowest BCUT2D eigenvalue weighted by Crippen LogP contribution is -2.30. The van der Waals surface area contributed by atoms with E-state index in [1.165, 1.54) is 18.2 Å². The van der Waals surface area contributed by atoms with Gasteiger partial charge in [0.05, 0.1) is 22.4 Å². The number of imide groups is 1. The molecule has 6 heteroatoms. The van der Waals surface area contributed by atoms with Crippen LogP contribution in [-0.2, 0) is 0 Å². The van der Waals surface area contributed by atoms with Crippen LogP contribution in [0.1, 0.15) is 42.2 Å². The third kappa shape index (κ3) is 3.25. The Hall–Kier alpha value is -3.93. The van der Waals surface area contributed by atoms with E-state index in [2.05, 4.69) is 0 Å². The number of rotatable bonds is 4. The number of aryl methyl sites for hydroxylation is 2. The van der Waals surface area contributed by atoms with Crippen molar-refractivity contribution < 1.29 is 24.2 Å². The number of hydrogen-bond acceptors (Lipinski definition) is 4. The first-order valence-corrected chi connectivity index (χ1v) is 8.96. The fourth-order valence-corrected chi connectivity index (χ4v) is 3.23. The van der Waals surface area contributed by atoms with E-state index < -0.39 is 17.8 Å². The molecule has 144 valence electrons. The Morgan fingerprint density at radius 2 is 1.48 bits per heavy atom. The number of amides is 2. The average Bonchev–Trinajstić information content (AvgIpc) is 2.94. The highest BCUT2D eigenvalue weighted by Gasteiger charge is 2.38. The minimum Gasteiger partial charge on any atom is -0.478 e. The van der Waals surface area contributed by atoms with Crippen LogP contribution >= 0.6 is 0 Å². The fourth-order valence-electron chi connectivity index (χ4n) is 3.23. The summed E-state index contributed by atoms with van der Waals surface area (Å²) in [5.41, 5.74) is 2.47. The highest BCUT2D eigenvalue weighted by Crippen LogP contribution is 2.34. The zero-order valence-electron chi connectivity index (χ0n) is 15.8. The summed E-state index contributed by atoms with van der Waals surface area (Å²) >= 11 is 0. The molecule has 1 N–H and O–H groups in total. The Morgan fingerprint density at radius 3 is 2.17 bits per heavy atom. The van der Waals surface area contributed by atoms with E-state index in [4.69, 9.17) is 4.74 Å². The van der Waals surface area contributed by atoms with Crippen LogP contribution in [0.3, 0.4) is 0 Å². The van der Waals surface area contributed by atoms with Gasteiger partial charge in [-0.3, -0.25) is 9.59 Å². The van der Waals surface area contributed by atoms with Gasteiger partial charge in [0.2, 0.25) is 0 Å². The second-order valence-electron chi connectivity index (χ2n) is 6.87. The van der Waals surface area contributed by atoms with Crippen LogP contribution in [0.2, 0.25) is 0 Å². The minimum absolute atomic E-state index is 0.00514. The van der Waals surface area contributed by atoms with E-state index >= 15 is 0 Å². The summed E-state index contributed by atoms with van der Waals surface area (Å²) in [5.74, 6) is -1.07. The molecule has 0 saturated heterocycles. The van der Waals surface area contributed by atoms with Gasteiger partial charge in [0.15, 0.2) is 0 Å². The molecule has 0 aromatic heterocycles. The van der Waals surface area contributed by atoms with E-state index in [9.17, 15) is 19.5 Å². The molecule has 0 atom stereocenters. The molecule has 6 nitrogen and oxygen atoms in total. The number of carbonyl (C=O) groups is 3. The molecule has 3 aromatic rings. The van der Waals surface area contributed by atoms with Crippen molar-refractivity contribution >= 4 is 23.5 Å². The average molecular weight is 387 g/mol. The molecule has 29 heavy (non-hydrogen) atoms. The molecule has 0 aliphatic carbocycles. The topological polar surface area (TPSA) is 83.9 Å². The third-order valence-electron chi connectivity index (χ3n) is 4.81. The molecule has 1 aliphatic rings. The molecule has 0 saturated carbocycles. The van der Waals surface area contributed by atoms with Crippen molar-refractivity contribution in [1.82, 2.24) is 0 Å². The zero-order valence-corrected chi connectivity index (χ0v) is 15.8. The van der Waals surface area contributed by atoms with Crippen LogP contribution in [0.25, 0.3) is 0 Å². The highest BCUT2D eigenvalue weighted by atomic mass is 16.5. The van der Waals surface area contributed by atoms with Crippen LogP contribution < -0.4 is 9.64 Å². The van der Waals surface area contributed by atoms with Gasteiger partial charge in [-0.05, 0) is 61.9 Å². The maximum absolute atomic E-state index is 13.0. The van der Waals surface area contributed by atoms with Gasteiger partial charge < -0.3 is 9.84 Å². The van der Waals surface area contributed by atoms with Gasteiger partial charge in [-0.1, -0.05) is 23.8 Å². The molecule has 4 rings (SSSR count). The fraction of sp³-hybridized carbons (Fsp3) is 0.0870. The van der Waals surface area contributed by atoms with Crippen LogP contribution in [0.15, 0.2) is 60.7 Å². The van der Waals surface area contributed by atoms with Gasteiger partial charge >= 0.3 is 5.97 Å². The monoisotopic (exact) mass is 387 g/mol. The van der Waals surface area contributed by atoms with E-state index in [0.717, 1.165) is 10.5 Å². The quantitative estimate of drug-likeness (QED) is 0.662. The summed E-state index contributed by atoms with van der Waals surface area (Å²) in [6, 6.07) is 16.5. The van der Waals surface area contributed by atoms with Gasteiger partial charge in [0, 0.05) is 0 Å². The molecule has 0 unspecified atom stereocenters. The van der Waals surface area contributed by atoms with Crippen molar-refractivity contribution in [3.8, 4) is 11.5 Å². The van der Waals surface area contributed by atoms with Crippen LogP contribution in [-0.4, -0.2) is 22.9 Å². The number of carboxylic acids is 1. The molecule has 0 fully saturated rings. The minimum atomic E-state index is -1.13. The van der Waals surface area contributed by atoms with E-state index in [-0.39, 0.29) is 22.4 Å². The van der Waals surface area contributed by atoms with Crippen molar-refractivity contribution in [3.05, 3.63) is 88.5 Å². The standard InChI is InChI=1S/C23H17NO5/c1-13-3-7-16(8-4-13)29-17-9-10-18-19(12-17)22(26)24(21(18)25)20-11-15(23(27)28)6-5-14(20)2/h3-12H,1-2H3,(H,27,28). The zero-order chi connectivity index (χ0) is 20.7. The normalized spacial score (nSPS) is 12.8. The summed E-state index contributed by atoms with van der Waals surface area (Å²) in [6.45, 7) is 3.69. The second kappa shape index (κ2) is 6.91. The van der Waals surface area contributed by atoms with E-state index in [1.54, 1.807) is 25.1 Å².